The van der Waals surface area contributed by atoms with Gasteiger partial charge in [-0.2, -0.15) is 0 Å². The van der Waals surface area contributed by atoms with Crippen molar-refractivity contribution in [3.05, 3.63) is 106 Å². The number of rotatable bonds is 3. The van der Waals surface area contributed by atoms with E-state index in [4.69, 9.17) is 23.2 Å². The van der Waals surface area contributed by atoms with Gasteiger partial charge < -0.3 is 5.32 Å². The van der Waals surface area contributed by atoms with Gasteiger partial charge in [0.15, 0.2) is 5.15 Å². The number of para-hydroxylation sites is 1. The molecule has 2 unspecified atom stereocenters. The first-order valence-electron chi connectivity index (χ1n) is 13.2. The van der Waals surface area contributed by atoms with Gasteiger partial charge in [0.05, 0.1) is 35.6 Å². The number of anilines is 1. The molecule has 5 aromatic rings. The molecule has 206 valence electrons. The standard InChI is InChI=1S/C30H25Cl2N7O2/c1-18-5-4-8-27(25-13-19(11-12-33-25)21-6-2-3-7-23(21)35-30(18)41)38-17-34-24(15-29(38)40)22-14-20(31)9-10-26(22)39-16-28(32)36-37-39/h2-3,6-7,9-18,27H,4-5,8H2,1H3,(H,35,41). The lowest BCUT2D eigenvalue weighted by molar-refractivity contribution is -0.119. The summed E-state index contributed by atoms with van der Waals surface area (Å²) >= 11 is 12.3. The highest BCUT2D eigenvalue weighted by atomic mass is 35.5. The zero-order valence-corrected chi connectivity index (χ0v) is 23.5. The van der Waals surface area contributed by atoms with Crippen molar-refractivity contribution in [1.29, 1.82) is 0 Å². The summed E-state index contributed by atoms with van der Waals surface area (Å²) in [6, 6.07) is 17.9. The SMILES string of the molecule is CC1CCCC(n2cnc(-c3cc(Cl)ccc3-n3cc(Cl)nn3)cc2=O)c2cc(ccn2)-c2ccccc2NC1=O. The number of amides is 1. The highest BCUT2D eigenvalue weighted by Crippen LogP contribution is 2.33. The number of hydrogen-bond acceptors (Lipinski definition) is 6. The Balaban J connectivity index is 1.43. The van der Waals surface area contributed by atoms with E-state index in [1.54, 1.807) is 41.5 Å². The molecule has 3 aromatic heterocycles. The van der Waals surface area contributed by atoms with Gasteiger partial charge >= 0.3 is 0 Å². The van der Waals surface area contributed by atoms with Crippen LogP contribution >= 0.6 is 23.2 Å². The Morgan fingerprint density at radius 2 is 1.80 bits per heavy atom. The van der Waals surface area contributed by atoms with E-state index in [2.05, 4.69) is 25.6 Å². The lowest BCUT2D eigenvalue weighted by atomic mass is 9.95. The maximum Gasteiger partial charge on any atom is 0.254 e. The van der Waals surface area contributed by atoms with Gasteiger partial charge in [-0.25, -0.2) is 9.67 Å². The van der Waals surface area contributed by atoms with E-state index in [9.17, 15) is 9.59 Å². The minimum Gasteiger partial charge on any atom is -0.325 e. The van der Waals surface area contributed by atoms with Crippen LogP contribution in [0.2, 0.25) is 10.2 Å². The Hall–Kier alpha value is -4.34. The largest absolute Gasteiger partial charge is 0.325 e. The van der Waals surface area contributed by atoms with E-state index < -0.39 is 0 Å². The maximum absolute atomic E-state index is 13.7. The summed E-state index contributed by atoms with van der Waals surface area (Å²) in [7, 11) is 0. The second-order valence-electron chi connectivity index (χ2n) is 10.0. The topological polar surface area (TPSA) is 108 Å². The number of hydrogen-bond donors (Lipinski definition) is 1. The van der Waals surface area contributed by atoms with Crippen LogP contribution in [0.25, 0.3) is 28.1 Å². The lowest BCUT2D eigenvalue weighted by Crippen LogP contribution is -2.27. The van der Waals surface area contributed by atoms with Crippen molar-refractivity contribution in [2.45, 2.75) is 32.2 Å². The van der Waals surface area contributed by atoms with Crippen molar-refractivity contribution in [2.24, 2.45) is 5.92 Å². The van der Waals surface area contributed by atoms with E-state index in [0.29, 0.717) is 41.2 Å². The van der Waals surface area contributed by atoms with Crippen LogP contribution in [0.5, 0.6) is 0 Å². The number of fused-ring (bicyclic) bond motifs is 4. The summed E-state index contributed by atoms with van der Waals surface area (Å²) in [6.45, 7) is 1.92. The molecule has 0 saturated heterocycles. The highest BCUT2D eigenvalue weighted by molar-refractivity contribution is 6.31. The molecule has 9 nitrogen and oxygen atoms in total. The van der Waals surface area contributed by atoms with Gasteiger partial charge in [0.2, 0.25) is 5.91 Å². The average Bonchev–Trinajstić information content (AvgIpc) is 3.41. The molecule has 0 aliphatic carbocycles. The van der Waals surface area contributed by atoms with Crippen molar-refractivity contribution in [3.8, 4) is 28.1 Å². The van der Waals surface area contributed by atoms with Crippen molar-refractivity contribution in [2.75, 3.05) is 5.32 Å². The minimum atomic E-state index is -0.376. The molecule has 0 spiro atoms. The van der Waals surface area contributed by atoms with Gasteiger partial charge in [-0.15, -0.1) is 5.10 Å². The summed E-state index contributed by atoms with van der Waals surface area (Å²) in [6.07, 6.45) is 6.84. The number of carbonyl (C=O) groups excluding carboxylic acids is 1. The molecular weight excluding hydrogens is 561 g/mol. The lowest BCUT2D eigenvalue weighted by Gasteiger charge is -2.23. The van der Waals surface area contributed by atoms with Gasteiger partial charge in [0.25, 0.3) is 5.56 Å². The van der Waals surface area contributed by atoms with Crippen molar-refractivity contribution >= 4 is 34.8 Å². The maximum atomic E-state index is 13.7. The van der Waals surface area contributed by atoms with Crippen LogP contribution in [0.15, 0.2) is 84.2 Å². The zero-order chi connectivity index (χ0) is 28.5. The van der Waals surface area contributed by atoms with Crippen LogP contribution in [-0.2, 0) is 4.79 Å². The first kappa shape index (κ1) is 26.9. The summed E-state index contributed by atoms with van der Waals surface area (Å²) in [4.78, 5) is 35.9. The predicted molar refractivity (Wildman–Crippen MR) is 158 cm³/mol. The Labute approximate surface area is 245 Å². The molecule has 11 heteroatoms. The fraction of sp³-hybridized carbons (Fsp3) is 0.200. The molecule has 1 aliphatic heterocycles. The second-order valence-corrected chi connectivity index (χ2v) is 10.8. The third kappa shape index (κ3) is 5.51. The van der Waals surface area contributed by atoms with Crippen molar-refractivity contribution in [3.63, 3.8) is 0 Å². The molecule has 1 amide bonds. The molecule has 41 heavy (non-hydrogen) atoms. The summed E-state index contributed by atoms with van der Waals surface area (Å²) < 4.78 is 3.12. The number of nitrogens with one attached hydrogen (secondary N) is 1. The van der Waals surface area contributed by atoms with Gasteiger partial charge in [0, 0.05) is 40.0 Å². The molecule has 4 heterocycles. The molecule has 0 saturated carbocycles. The van der Waals surface area contributed by atoms with Gasteiger partial charge in [-0.3, -0.25) is 19.1 Å². The Morgan fingerprint density at radius 3 is 2.61 bits per heavy atom. The van der Waals surface area contributed by atoms with E-state index in [-0.39, 0.29) is 28.6 Å². The van der Waals surface area contributed by atoms with E-state index in [1.165, 1.54) is 10.7 Å². The number of nitrogens with zero attached hydrogens (tertiary/aromatic N) is 6. The molecule has 1 aliphatic rings. The fourth-order valence-corrected chi connectivity index (χ4v) is 5.44. The predicted octanol–water partition coefficient (Wildman–Crippen LogP) is 6.21. The number of aromatic nitrogens is 6. The van der Waals surface area contributed by atoms with Crippen LogP contribution in [0.3, 0.4) is 0 Å². The summed E-state index contributed by atoms with van der Waals surface area (Å²) in [5.41, 5.74) is 4.71. The van der Waals surface area contributed by atoms with E-state index >= 15 is 0 Å². The Bertz CT molecular complexity index is 1820. The van der Waals surface area contributed by atoms with Crippen LogP contribution in [-0.4, -0.2) is 35.4 Å². The van der Waals surface area contributed by atoms with Crippen LogP contribution in [0, 0.1) is 5.92 Å². The molecule has 0 radical (unpaired) electrons. The second kappa shape index (κ2) is 11.3. The molecule has 2 aromatic carbocycles. The first-order chi connectivity index (χ1) is 19.9. The third-order valence-corrected chi connectivity index (χ3v) is 7.71. The molecule has 2 atom stereocenters. The minimum absolute atomic E-state index is 0.0296. The van der Waals surface area contributed by atoms with E-state index in [1.807, 2.05) is 43.3 Å². The molecule has 2 bridgehead atoms. The molecule has 0 fully saturated rings. The zero-order valence-electron chi connectivity index (χ0n) is 22.0. The number of pyridine rings is 1. The highest BCUT2D eigenvalue weighted by Gasteiger charge is 2.23. The molecule has 6 rings (SSSR count). The third-order valence-electron chi connectivity index (χ3n) is 7.30. The monoisotopic (exact) mass is 585 g/mol. The van der Waals surface area contributed by atoms with Crippen LogP contribution in [0.4, 0.5) is 5.69 Å². The smallest absolute Gasteiger partial charge is 0.254 e. The van der Waals surface area contributed by atoms with Crippen LogP contribution in [0.1, 0.15) is 37.9 Å². The van der Waals surface area contributed by atoms with Crippen LogP contribution < -0.4 is 10.9 Å². The average molecular weight is 586 g/mol. The molecular formula is C30H25Cl2N7O2. The Morgan fingerprint density at radius 1 is 0.951 bits per heavy atom. The number of benzene rings is 2. The first-order valence-corrected chi connectivity index (χ1v) is 14.0. The summed E-state index contributed by atoms with van der Waals surface area (Å²) in [5, 5.41) is 11.7. The molecule has 1 N–H and O–H groups in total. The number of carbonyl (C=O) groups is 1. The number of halogens is 2. The van der Waals surface area contributed by atoms with Gasteiger partial charge in [0.1, 0.15) is 0 Å². The van der Waals surface area contributed by atoms with Gasteiger partial charge in [-0.1, -0.05) is 60.0 Å². The van der Waals surface area contributed by atoms with E-state index in [0.717, 1.165) is 22.5 Å². The van der Waals surface area contributed by atoms with Crippen molar-refractivity contribution < 1.29 is 4.79 Å². The van der Waals surface area contributed by atoms with Gasteiger partial charge in [-0.05, 0) is 54.8 Å². The Kier molecular flexibility index (Phi) is 7.38. The van der Waals surface area contributed by atoms with Crippen molar-refractivity contribution in [1.82, 2.24) is 29.5 Å². The quantitative estimate of drug-likeness (QED) is 0.270. The fourth-order valence-electron chi connectivity index (χ4n) is 5.14. The normalized spacial score (nSPS) is 17.2. The summed E-state index contributed by atoms with van der Waals surface area (Å²) in [5.74, 6) is -0.226.